The SMILES string of the molecule is CC(C)C1(CNS(=O)(=O)c2cc(Cl)cc(CO)c2Cl)CC1. The molecule has 0 aliphatic heterocycles. The fourth-order valence-electron chi connectivity index (χ4n) is 2.36. The smallest absolute Gasteiger partial charge is 0.242 e. The van der Waals surface area contributed by atoms with Crippen LogP contribution in [0.2, 0.25) is 10.0 Å². The number of aliphatic hydroxyl groups excluding tert-OH is 1. The second kappa shape index (κ2) is 6.05. The Morgan fingerprint density at radius 3 is 2.43 bits per heavy atom. The van der Waals surface area contributed by atoms with Crippen LogP contribution >= 0.6 is 23.2 Å². The highest BCUT2D eigenvalue weighted by Crippen LogP contribution is 2.51. The molecule has 4 nitrogen and oxygen atoms in total. The molecule has 21 heavy (non-hydrogen) atoms. The van der Waals surface area contributed by atoms with Crippen molar-refractivity contribution in [2.45, 2.75) is 38.2 Å². The van der Waals surface area contributed by atoms with E-state index in [0.717, 1.165) is 12.8 Å². The molecule has 1 aromatic carbocycles. The number of sulfonamides is 1. The lowest BCUT2D eigenvalue weighted by Crippen LogP contribution is -2.32. The van der Waals surface area contributed by atoms with Gasteiger partial charge in [-0.1, -0.05) is 37.0 Å². The Kier molecular flexibility index (Phi) is 4.90. The lowest BCUT2D eigenvalue weighted by Gasteiger charge is -2.20. The number of rotatable bonds is 6. The van der Waals surface area contributed by atoms with Crippen LogP contribution in [0.5, 0.6) is 0 Å². The van der Waals surface area contributed by atoms with E-state index in [0.29, 0.717) is 18.0 Å². The lowest BCUT2D eigenvalue weighted by atomic mass is 9.93. The first-order valence-corrected chi connectivity index (χ1v) is 9.04. The molecule has 1 aliphatic carbocycles. The van der Waals surface area contributed by atoms with Crippen molar-refractivity contribution in [1.82, 2.24) is 4.72 Å². The van der Waals surface area contributed by atoms with Crippen LogP contribution in [0.3, 0.4) is 0 Å². The number of halogens is 2. The number of nitrogens with one attached hydrogen (secondary N) is 1. The van der Waals surface area contributed by atoms with E-state index in [2.05, 4.69) is 18.6 Å². The molecule has 0 atom stereocenters. The largest absolute Gasteiger partial charge is 0.392 e. The molecule has 0 heterocycles. The van der Waals surface area contributed by atoms with Gasteiger partial charge in [0.25, 0.3) is 0 Å². The van der Waals surface area contributed by atoms with Gasteiger partial charge in [-0.25, -0.2) is 13.1 Å². The first-order valence-electron chi connectivity index (χ1n) is 6.80. The van der Waals surface area contributed by atoms with Crippen LogP contribution in [0.4, 0.5) is 0 Å². The van der Waals surface area contributed by atoms with Gasteiger partial charge in [-0.3, -0.25) is 0 Å². The summed E-state index contributed by atoms with van der Waals surface area (Å²) >= 11 is 12.0. The fourth-order valence-corrected chi connectivity index (χ4v) is 4.43. The van der Waals surface area contributed by atoms with Crippen molar-refractivity contribution >= 4 is 33.2 Å². The van der Waals surface area contributed by atoms with E-state index in [4.69, 9.17) is 23.2 Å². The molecule has 7 heteroatoms. The molecule has 1 aliphatic rings. The van der Waals surface area contributed by atoms with Crippen LogP contribution < -0.4 is 4.72 Å². The van der Waals surface area contributed by atoms with Gasteiger partial charge in [0.1, 0.15) is 4.90 Å². The van der Waals surface area contributed by atoms with Gasteiger partial charge in [0, 0.05) is 11.6 Å². The number of hydrogen-bond donors (Lipinski definition) is 2. The van der Waals surface area contributed by atoms with Crippen molar-refractivity contribution in [1.29, 1.82) is 0 Å². The molecule has 0 radical (unpaired) electrons. The molecule has 0 spiro atoms. The molecule has 1 aromatic rings. The highest BCUT2D eigenvalue weighted by Gasteiger charge is 2.45. The molecule has 2 N–H and O–H groups in total. The summed E-state index contributed by atoms with van der Waals surface area (Å²) in [5.74, 6) is 0.419. The Morgan fingerprint density at radius 1 is 1.33 bits per heavy atom. The Morgan fingerprint density at radius 2 is 1.95 bits per heavy atom. The third-order valence-electron chi connectivity index (χ3n) is 4.27. The van der Waals surface area contributed by atoms with Gasteiger partial charge in [0.2, 0.25) is 10.0 Å². The predicted octanol–water partition coefficient (Wildman–Crippen LogP) is 3.20. The standard InChI is InChI=1S/C14H19Cl2NO3S/c1-9(2)14(3-4-14)8-17-21(19,20)12-6-11(15)5-10(7-18)13(12)16/h5-6,9,17-18H,3-4,7-8H2,1-2H3. The molecule has 0 saturated heterocycles. The van der Waals surface area contributed by atoms with Gasteiger partial charge in [0.05, 0.1) is 11.6 Å². The van der Waals surface area contributed by atoms with E-state index in [-0.39, 0.29) is 27.0 Å². The van der Waals surface area contributed by atoms with E-state index in [1.165, 1.54) is 12.1 Å². The van der Waals surface area contributed by atoms with Gasteiger partial charge in [-0.2, -0.15) is 0 Å². The van der Waals surface area contributed by atoms with Crippen LogP contribution in [0, 0.1) is 11.3 Å². The normalized spacial score (nSPS) is 17.2. The van der Waals surface area contributed by atoms with Crippen molar-refractivity contribution in [3.63, 3.8) is 0 Å². The fraction of sp³-hybridized carbons (Fsp3) is 0.571. The number of hydrogen-bond acceptors (Lipinski definition) is 3. The molecular formula is C14H19Cl2NO3S. The highest BCUT2D eigenvalue weighted by molar-refractivity contribution is 7.89. The maximum absolute atomic E-state index is 12.4. The zero-order chi connectivity index (χ0) is 15.8. The van der Waals surface area contributed by atoms with Gasteiger partial charge in [-0.15, -0.1) is 0 Å². The zero-order valence-corrected chi connectivity index (χ0v) is 14.3. The summed E-state index contributed by atoms with van der Waals surface area (Å²) in [6, 6.07) is 2.76. The Balaban J connectivity index is 2.26. The first-order chi connectivity index (χ1) is 9.72. The molecule has 0 aromatic heterocycles. The number of benzene rings is 1. The van der Waals surface area contributed by atoms with Gasteiger partial charge < -0.3 is 5.11 Å². The third-order valence-corrected chi connectivity index (χ3v) is 6.47. The third kappa shape index (κ3) is 3.54. The van der Waals surface area contributed by atoms with E-state index in [1.807, 2.05) is 0 Å². The Bertz CT molecular complexity index is 640. The Hall–Kier alpha value is -0.330. The van der Waals surface area contributed by atoms with Crippen LogP contribution in [0.25, 0.3) is 0 Å². The summed E-state index contributed by atoms with van der Waals surface area (Å²) in [6.45, 7) is 4.22. The molecule has 1 saturated carbocycles. The van der Waals surface area contributed by atoms with E-state index in [1.54, 1.807) is 0 Å². The van der Waals surface area contributed by atoms with Crippen molar-refractivity contribution in [3.8, 4) is 0 Å². The van der Waals surface area contributed by atoms with Crippen LogP contribution in [-0.4, -0.2) is 20.1 Å². The maximum atomic E-state index is 12.4. The Labute approximate surface area is 135 Å². The molecule has 118 valence electrons. The number of aliphatic hydroxyl groups is 1. The highest BCUT2D eigenvalue weighted by atomic mass is 35.5. The molecule has 1 fully saturated rings. The summed E-state index contributed by atoms with van der Waals surface area (Å²) in [6.07, 6.45) is 2.05. The summed E-state index contributed by atoms with van der Waals surface area (Å²) in [5.41, 5.74) is 0.354. The zero-order valence-electron chi connectivity index (χ0n) is 12.0. The van der Waals surface area contributed by atoms with E-state index < -0.39 is 10.0 Å². The van der Waals surface area contributed by atoms with Crippen molar-refractivity contribution < 1.29 is 13.5 Å². The second-order valence-corrected chi connectivity index (χ2v) is 8.43. The minimum atomic E-state index is -3.75. The average molecular weight is 352 g/mol. The van der Waals surface area contributed by atoms with Gasteiger partial charge in [0.15, 0.2) is 0 Å². The van der Waals surface area contributed by atoms with Crippen LogP contribution in [0.15, 0.2) is 17.0 Å². The van der Waals surface area contributed by atoms with Gasteiger partial charge in [-0.05, 0) is 41.9 Å². The van der Waals surface area contributed by atoms with Crippen molar-refractivity contribution in [2.75, 3.05) is 6.54 Å². The summed E-state index contributed by atoms with van der Waals surface area (Å²) < 4.78 is 27.5. The average Bonchev–Trinajstić information content (AvgIpc) is 3.20. The van der Waals surface area contributed by atoms with E-state index in [9.17, 15) is 13.5 Å². The van der Waals surface area contributed by atoms with E-state index >= 15 is 0 Å². The monoisotopic (exact) mass is 351 g/mol. The quantitative estimate of drug-likeness (QED) is 0.826. The predicted molar refractivity (Wildman–Crippen MR) is 84.1 cm³/mol. The molecule has 0 unspecified atom stereocenters. The first kappa shape index (κ1) is 17.0. The van der Waals surface area contributed by atoms with Gasteiger partial charge >= 0.3 is 0 Å². The molecule has 0 amide bonds. The van der Waals surface area contributed by atoms with Crippen LogP contribution in [0.1, 0.15) is 32.3 Å². The minimum Gasteiger partial charge on any atom is -0.392 e. The maximum Gasteiger partial charge on any atom is 0.242 e. The minimum absolute atomic E-state index is 0.0174. The van der Waals surface area contributed by atoms with Crippen LogP contribution in [-0.2, 0) is 16.6 Å². The summed E-state index contributed by atoms with van der Waals surface area (Å²) in [4.78, 5) is -0.0831. The molecule has 0 bridgehead atoms. The topological polar surface area (TPSA) is 66.4 Å². The molecular weight excluding hydrogens is 333 g/mol. The summed E-state index contributed by atoms with van der Waals surface area (Å²) in [5, 5.41) is 9.46. The second-order valence-electron chi connectivity index (χ2n) is 5.88. The lowest BCUT2D eigenvalue weighted by molar-refractivity contribution is 0.281. The molecule has 2 rings (SSSR count). The summed E-state index contributed by atoms with van der Waals surface area (Å²) in [7, 11) is -3.75. The van der Waals surface area contributed by atoms with Crippen molar-refractivity contribution in [3.05, 3.63) is 27.7 Å². The van der Waals surface area contributed by atoms with Crippen molar-refractivity contribution in [2.24, 2.45) is 11.3 Å².